The van der Waals surface area contributed by atoms with E-state index >= 15 is 0 Å². The highest BCUT2D eigenvalue weighted by molar-refractivity contribution is 5.96. The molecular weight excluding hydrogens is 306 g/mol. The maximum absolute atomic E-state index is 12.1. The number of nitrogens with one attached hydrogen (secondary N) is 2. The molecule has 0 aromatic heterocycles. The van der Waals surface area contributed by atoms with Gasteiger partial charge in [0.15, 0.2) is 0 Å². The van der Waals surface area contributed by atoms with Crippen LogP contribution < -0.4 is 10.6 Å². The van der Waals surface area contributed by atoms with Crippen LogP contribution in [0.15, 0.2) is 12.1 Å². The van der Waals surface area contributed by atoms with Crippen LogP contribution in [0, 0.1) is 20.8 Å². The molecule has 0 unspecified atom stereocenters. The van der Waals surface area contributed by atoms with Gasteiger partial charge in [-0.15, -0.1) is 0 Å². The Bertz CT molecular complexity index is 593. The minimum Gasteiger partial charge on any atom is -0.392 e. The second kappa shape index (κ2) is 8.26. The molecule has 1 aliphatic rings. The number of aryl methyl sites for hydroxylation is 3. The summed E-state index contributed by atoms with van der Waals surface area (Å²) in [4.78, 5) is 25.9. The van der Waals surface area contributed by atoms with Crippen molar-refractivity contribution in [3.05, 3.63) is 28.8 Å². The molecule has 132 valence electrons. The first-order valence-corrected chi connectivity index (χ1v) is 8.40. The first-order valence-electron chi connectivity index (χ1n) is 8.40. The Morgan fingerprint density at radius 2 is 1.88 bits per heavy atom. The van der Waals surface area contributed by atoms with Gasteiger partial charge in [-0.1, -0.05) is 17.7 Å². The Kier molecular flexibility index (Phi) is 6.34. The lowest BCUT2D eigenvalue weighted by Crippen LogP contribution is -2.45. The van der Waals surface area contributed by atoms with Crippen molar-refractivity contribution >= 4 is 17.5 Å². The van der Waals surface area contributed by atoms with Gasteiger partial charge in [-0.3, -0.25) is 14.5 Å². The third-order valence-electron chi connectivity index (χ3n) is 4.24. The van der Waals surface area contributed by atoms with E-state index in [4.69, 9.17) is 0 Å². The largest absolute Gasteiger partial charge is 0.392 e. The van der Waals surface area contributed by atoms with E-state index in [9.17, 15) is 14.7 Å². The van der Waals surface area contributed by atoms with E-state index in [0.717, 1.165) is 41.8 Å². The highest BCUT2D eigenvalue weighted by Crippen LogP contribution is 2.21. The van der Waals surface area contributed by atoms with Crippen molar-refractivity contribution in [2.75, 3.05) is 31.5 Å². The lowest BCUT2D eigenvalue weighted by atomic mass is 10.1. The van der Waals surface area contributed by atoms with E-state index < -0.39 is 0 Å². The zero-order valence-electron chi connectivity index (χ0n) is 14.7. The molecule has 0 spiro atoms. The number of hydrogen-bond donors (Lipinski definition) is 3. The number of benzene rings is 1. The van der Waals surface area contributed by atoms with Gasteiger partial charge in [0.25, 0.3) is 0 Å². The Morgan fingerprint density at radius 3 is 2.50 bits per heavy atom. The van der Waals surface area contributed by atoms with E-state index in [1.807, 2.05) is 37.8 Å². The number of aliphatic hydroxyl groups is 1. The van der Waals surface area contributed by atoms with Crippen molar-refractivity contribution in [2.24, 2.45) is 0 Å². The van der Waals surface area contributed by atoms with Gasteiger partial charge in [-0.2, -0.15) is 0 Å². The molecule has 0 bridgehead atoms. The predicted molar refractivity (Wildman–Crippen MR) is 94.0 cm³/mol. The maximum Gasteiger partial charge on any atom is 0.243 e. The van der Waals surface area contributed by atoms with Crippen LogP contribution in [0.3, 0.4) is 0 Å². The summed E-state index contributed by atoms with van der Waals surface area (Å²) in [6.07, 6.45) is 1.32. The van der Waals surface area contributed by atoms with E-state index in [1.165, 1.54) is 0 Å². The Morgan fingerprint density at radius 1 is 1.21 bits per heavy atom. The Labute approximate surface area is 143 Å². The smallest absolute Gasteiger partial charge is 0.243 e. The van der Waals surface area contributed by atoms with Gasteiger partial charge < -0.3 is 15.7 Å². The summed E-state index contributed by atoms with van der Waals surface area (Å²) in [5.41, 5.74) is 3.97. The highest BCUT2D eigenvalue weighted by atomic mass is 16.3. The number of anilines is 1. The van der Waals surface area contributed by atoms with Crippen LogP contribution >= 0.6 is 0 Å². The van der Waals surface area contributed by atoms with Crippen LogP contribution in [0.5, 0.6) is 0 Å². The number of nitrogens with zero attached hydrogens (tertiary/aromatic N) is 1. The van der Waals surface area contributed by atoms with E-state index in [-0.39, 0.29) is 31.0 Å². The summed E-state index contributed by atoms with van der Waals surface area (Å²) < 4.78 is 0. The average molecular weight is 333 g/mol. The topological polar surface area (TPSA) is 81.7 Å². The number of hydrogen-bond acceptors (Lipinski definition) is 4. The quantitative estimate of drug-likeness (QED) is 0.754. The normalized spacial score (nSPS) is 18.2. The van der Waals surface area contributed by atoms with E-state index in [0.29, 0.717) is 6.54 Å². The zero-order chi connectivity index (χ0) is 17.7. The molecular formula is C18H27N3O3. The third-order valence-corrected chi connectivity index (χ3v) is 4.24. The van der Waals surface area contributed by atoms with Gasteiger partial charge in [-0.25, -0.2) is 0 Å². The van der Waals surface area contributed by atoms with Crippen LogP contribution in [0.4, 0.5) is 5.69 Å². The molecule has 3 N–H and O–H groups in total. The molecule has 1 aliphatic heterocycles. The summed E-state index contributed by atoms with van der Waals surface area (Å²) in [6.45, 7) is 7.41. The number of β-amino-alcohol motifs (C(OH)–C–C–N with tert-alkyl or cyclic N) is 1. The fraction of sp³-hybridized carbons (Fsp3) is 0.556. The van der Waals surface area contributed by atoms with Gasteiger partial charge in [0.05, 0.1) is 19.2 Å². The van der Waals surface area contributed by atoms with Crippen LogP contribution in [0.2, 0.25) is 0 Å². The fourth-order valence-electron chi connectivity index (χ4n) is 3.17. The van der Waals surface area contributed by atoms with Gasteiger partial charge in [-0.05, 0) is 51.3 Å². The number of rotatable bonds is 5. The van der Waals surface area contributed by atoms with Crippen molar-refractivity contribution in [2.45, 2.75) is 39.7 Å². The minimum atomic E-state index is -0.359. The summed E-state index contributed by atoms with van der Waals surface area (Å²) in [7, 11) is 0. The zero-order valence-corrected chi connectivity index (χ0v) is 14.7. The number of carbonyl (C=O) groups is 2. The maximum atomic E-state index is 12.1. The average Bonchev–Trinajstić information content (AvgIpc) is 2.49. The molecule has 0 saturated carbocycles. The standard InChI is InChI=1S/C18H27N3O3/c1-12-7-13(2)18(14(3)8-12)20-16(23)9-19-17(24)11-21-6-4-5-15(22)10-21/h7-8,15,22H,4-6,9-11H2,1-3H3,(H,19,24)(H,20,23)/t15-/m0/s1. The number of aliphatic hydroxyl groups excluding tert-OH is 1. The molecule has 1 atom stereocenters. The predicted octanol–water partition coefficient (Wildman–Crippen LogP) is 1.12. The molecule has 1 aromatic rings. The van der Waals surface area contributed by atoms with E-state index in [2.05, 4.69) is 10.6 Å². The molecule has 24 heavy (non-hydrogen) atoms. The molecule has 1 saturated heterocycles. The van der Waals surface area contributed by atoms with Gasteiger partial charge in [0, 0.05) is 12.2 Å². The molecule has 1 aromatic carbocycles. The second-order valence-corrected chi connectivity index (χ2v) is 6.63. The Balaban J connectivity index is 1.80. The van der Waals surface area contributed by atoms with Crippen LogP contribution in [0.1, 0.15) is 29.5 Å². The molecule has 0 radical (unpaired) electrons. The summed E-state index contributed by atoms with van der Waals surface area (Å²) in [5.74, 6) is -0.436. The first kappa shape index (κ1) is 18.4. The highest BCUT2D eigenvalue weighted by Gasteiger charge is 2.19. The minimum absolute atomic E-state index is 0.0536. The van der Waals surface area contributed by atoms with E-state index in [1.54, 1.807) is 0 Å². The third kappa shape index (κ3) is 5.32. The summed E-state index contributed by atoms with van der Waals surface area (Å²) in [6, 6.07) is 4.03. The number of piperidine rings is 1. The summed E-state index contributed by atoms with van der Waals surface area (Å²) in [5, 5.41) is 15.1. The van der Waals surface area contributed by atoms with Crippen molar-refractivity contribution in [1.82, 2.24) is 10.2 Å². The lowest BCUT2D eigenvalue weighted by molar-refractivity contribution is -0.125. The Hall–Kier alpha value is -1.92. The van der Waals surface area contributed by atoms with Crippen molar-refractivity contribution in [3.8, 4) is 0 Å². The van der Waals surface area contributed by atoms with Crippen LogP contribution in [-0.4, -0.2) is 54.1 Å². The lowest BCUT2D eigenvalue weighted by Gasteiger charge is -2.29. The van der Waals surface area contributed by atoms with Crippen molar-refractivity contribution < 1.29 is 14.7 Å². The van der Waals surface area contributed by atoms with Gasteiger partial charge >= 0.3 is 0 Å². The van der Waals surface area contributed by atoms with Crippen LogP contribution in [0.25, 0.3) is 0 Å². The number of amides is 2. The monoisotopic (exact) mass is 333 g/mol. The van der Waals surface area contributed by atoms with Crippen molar-refractivity contribution in [3.63, 3.8) is 0 Å². The molecule has 6 heteroatoms. The van der Waals surface area contributed by atoms with Crippen LogP contribution in [-0.2, 0) is 9.59 Å². The molecule has 2 amide bonds. The molecule has 1 heterocycles. The first-order chi connectivity index (χ1) is 11.3. The SMILES string of the molecule is Cc1cc(C)c(NC(=O)CNC(=O)CN2CCC[C@H](O)C2)c(C)c1. The van der Waals surface area contributed by atoms with Gasteiger partial charge in [0.2, 0.25) is 11.8 Å². The molecule has 2 rings (SSSR count). The fourth-order valence-corrected chi connectivity index (χ4v) is 3.17. The van der Waals surface area contributed by atoms with Crippen molar-refractivity contribution in [1.29, 1.82) is 0 Å². The number of carbonyl (C=O) groups excluding carboxylic acids is 2. The summed E-state index contributed by atoms with van der Waals surface area (Å²) >= 11 is 0. The second-order valence-electron chi connectivity index (χ2n) is 6.63. The number of likely N-dealkylation sites (tertiary alicyclic amines) is 1. The van der Waals surface area contributed by atoms with Gasteiger partial charge in [0.1, 0.15) is 0 Å². The molecule has 1 fully saturated rings. The molecule has 6 nitrogen and oxygen atoms in total. The molecule has 0 aliphatic carbocycles.